The second-order valence-electron chi connectivity index (χ2n) is 3.61. The third-order valence-electron chi connectivity index (χ3n) is 2.15. The van der Waals surface area contributed by atoms with Crippen LogP contribution in [0, 0.1) is 0 Å². The summed E-state index contributed by atoms with van der Waals surface area (Å²) in [5, 5.41) is 20.1. The summed E-state index contributed by atoms with van der Waals surface area (Å²) in [5.74, 6) is 0.295. The second kappa shape index (κ2) is 5.54. The Hall–Kier alpha value is -2.02. The number of carbonyl (C=O) groups is 1. The number of aromatic hydroxyl groups is 1. The predicted octanol–water partition coefficient (Wildman–Crippen LogP) is 1.25. The van der Waals surface area contributed by atoms with Gasteiger partial charge in [0.05, 0.1) is 5.75 Å². The van der Waals surface area contributed by atoms with Gasteiger partial charge in [0.15, 0.2) is 5.16 Å². The van der Waals surface area contributed by atoms with Gasteiger partial charge in [0.2, 0.25) is 5.91 Å². The lowest BCUT2D eigenvalue weighted by atomic mass is 10.3. The lowest BCUT2D eigenvalue weighted by Gasteiger charge is -2.04. The number of carbonyl (C=O) groups excluding carboxylic acids is 1. The number of rotatable bonds is 4. The average molecular weight is 264 g/mol. The summed E-state index contributed by atoms with van der Waals surface area (Å²) < 4.78 is 1.75. The molecule has 2 N–H and O–H groups in total. The SMILES string of the molecule is Cn1cnnc1SCC(=O)Nc1ccc(O)cc1. The van der Waals surface area contributed by atoms with Crippen LogP contribution in [0.15, 0.2) is 35.7 Å². The lowest BCUT2D eigenvalue weighted by Crippen LogP contribution is -2.14. The molecule has 0 saturated carbocycles. The Bertz CT molecular complexity index is 538. The Morgan fingerprint density at radius 3 is 2.78 bits per heavy atom. The van der Waals surface area contributed by atoms with Crippen molar-refractivity contribution >= 4 is 23.4 Å². The third-order valence-corrected chi connectivity index (χ3v) is 3.19. The first kappa shape index (κ1) is 12.4. The number of anilines is 1. The molecule has 1 aromatic carbocycles. The highest BCUT2D eigenvalue weighted by atomic mass is 32.2. The monoisotopic (exact) mass is 264 g/mol. The number of hydrogen-bond donors (Lipinski definition) is 2. The molecular formula is C11H12N4O2S. The van der Waals surface area contributed by atoms with E-state index in [0.29, 0.717) is 10.8 Å². The summed E-state index contributed by atoms with van der Waals surface area (Å²) in [6.45, 7) is 0. The fourth-order valence-corrected chi connectivity index (χ4v) is 1.96. The molecule has 0 atom stereocenters. The summed E-state index contributed by atoms with van der Waals surface area (Å²) in [6, 6.07) is 6.32. The zero-order valence-electron chi connectivity index (χ0n) is 9.70. The summed E-state index contributed by atoms with van der Waals surface area (Å²) >= 11 is 1.31. The molecule has 94 valence electrons. The molecule has 2 rings (SSSR count). The van der Waals surface area contributed by atoms with E-state index in [1.165, 1.54) is 23.9 Å². The molecule has 18 heavy (non-hydrogen) atoms. The van der Waals surface area contributed by atoms with Crippen molar-refractivity contribution in [2.45, 2.75) is 5.16 Å². The number of phenols is 1. The zero-order valence-corrected chi connectivity index (χ0v) is 10.5. The van der Waals surface area contributed by atoms with E-state index in [1.807, 2.05) is 7.05 Å². The van der Waals surface area contributed by atoms with Crippen LogP contribution in [0.2, 0.25) is 0 Å². The van der Waals surface area contributed by atoms with Crippen LogP contribution in [0.5, 0.6) is 5.75 Å². The molecular weight excluding hydrogens is 252 g/mol. The first-order valence-electron chi connectivity index (χ1n) is 5.21. The Kier molecular flexibility index (Phi) is 3.83. The van der Waals surface area contributed by atoms with Gasteiger partial charge in [-0.1, -0.05) is 11.8 Å². The van der Waals surface area contributed by atoms with Gasteiger partial charge in [-0.2, -0.15) is 0 Å². The summed E-state index contributed by atoms with van der Waals surface area (Å²) in [5.41, 5.74) is 0.649. The summed E-state index contributed by atoms with van der Waals surface area (Å²) in [7, 11) is 1.82. The minimum Gasteiger partial charge on any atom is -0.508 e. The Labute approximate surface area is 108 Å². The van der Waals surface area contributed by atoms with Gasteiger partial charge in [-0.3, -0.25) is 4.79 Å². The Balaban J connectivity index is 1.86. The molecule has 0 aliphatic heterocycles. The highest BCUT2D eigenvalue weighted by Crippen LogP contribution is 2.16. The van der Waals surface area contributed by atoms with Crippen molar-refractivity contribution in [3.05, 3.63) is 30.6 Å². The lowest BCUT2D eigenvalue weighted by molar-refractivity contribution is -0.113. The normalized spacial score (nSPS) is 10.3. The van der Waals surface area contributed by atoms with Crippen molar-refractivity contribution in [3.8, 4) is 5.75 Å². The van der Waals surface area contributed by atoms with E-state index in [9.17, 15) is 4.79 Å². The molecule has 0 saturated heterocycles. The number of thioether (sulfide) groups is 1. The highest BCUT2D eigenvalue weighted by molar-refractivity contribution is 7.99. The van der Waals surface area contributed by atoms with Gasteiger partial charge in [-0.05, 0) is 24.3 Å². The standard InChI is InChI=1S/C11H12N4O2S/c1-15-7-12-14-11(15)18-6-10(17)13-8-2-4-9(16)5-3-8/h2-5,7,16H,6H2,1H3,(H,13,17). The van der Waals surface area contributed by atoms with Crippen LogP contribution in [0.3, 0.4) is 0 Å². The van der Waals surface area contributed by atoms with Crippen molar-refractivity contribution in [1.29, 1.82) is 0 Å². The fraction of sp³-hybridized carbons (Fsp3) is 0.182. The van der Waals surface area contributed by atoms with Gasteiger partial charge in [0, 0.05) is 12.7 Å². The van der Waals surface area contributed by atoms with Crippen LogP contribution in [-0.4, -0.2) is 31.5 Å². The highest BCUT2D eigenvalue weighted by Gasteiger charge is 2.07. The zero-order chi connectivity index (χ0) is 13.0. The number of phenolic OH excluding ortho intramolecular Hbond substituents is 1. The van der Waals surface area contributed by atoms with Crippen molar-refractivity contribution in [3.63, 3.8) is 0 Å². The van der Waals surface area contributed by atoms with E-state index < -0.39 is 0 Å². The number of aromatic nitrogens is 3. The molecule has 6 nitrogen and oxygen atoms in total. The topological polar surface area (TPSA) is 80.0 Å². The molecule has 0 unspecified atom stereocenters. The molecule has 0 spiro atoms. The molecule has 1 heterocycles. The first-order valence-corrected chi connectivity index (χ1v) is 6.19. The minimum absolute atomic E-state index is 0.131. The first-order chi connectivity index (χ1) is 8.65. The van der Waals surface area contributed by atoms with Crippen LogP contribution in [0.25, 0.3) is 0 Å². The van der Waals surface area contributed by atoms with Gasteiger partial charge in [0.1, 0.15) is 12.1 Å². The van der Waals surface area contributed by atoms with Gasteiger partial charge in [-0.15, -0.1) is 10.2 Å². The molecule has 2 aromatic rings. The smallest absolute Gasteiger partial charge is 0.234 e. The molecule has 0 aliphatic carbocycles. The van der Waals surface area contributed by atoms with E-state index in [4.69, 9.17) is 5.11 Å². The van der Waals surface area contributed by atoms with E-state index in [0.717, 1.165) is 0 Å². The summed E-state index contributed by atoms with van der Waals surface area (Å²) in [6.07, 6.45) is 1.58. The number of benzene rings is 1. The van der Waals surface area contributed by atoms with Crippen molar-refractivity contribution < 1.29 is 9.90 Å². The maximum atomic E-state index is 11.7. The van der Waals surface area contributed by atoms with Crippen molar-refractivity contribution in [1.82, 2.24) is 14.8 Å². The number of amides is 1. The van der Waals surface area contributed by atoms with E-state index in [-0.39, 0.29) is 17.4 Å². The second-order valence-corrected chi connectivity index (χ2v) is 4.55. The van der Waals surface area contributed by atoms with Gasteiger partial charge < -0.3 is 15.0 Å². The van der Waals surface area contributed by atoms with Crippen LogP contribution in [0.1, 0.15) is 0 Å². The predicted molar refractivity (Wildman–Crippen MR) is 68.5 cm³/mol. The van der Waals surface area contributed by atoms with E-state index >= 15 is 0 Å². The van der Waals surface area contributed by atoms with Crippen LogP contribution >= 0.6 is 11.8 Å². The quantitative estimate of drug-likeness (QED) is 0.641. The molecule has 1 amide bonds. The maximum absolute atomic E-state index is 11.7. The largest absolute Gasteiger partial charge is 0.508 e. The third kappa shape index (κ3) is 3.24. The van der Waals surface area contributed by atoms with Crippen LogP contribution < -0.4 is 5.32 Å². The molecule has 0 fully saturated rings. The van der Waals surface area contributed by atoms with Crippen LogP contribution in [0.4, 0.5) is 5.69 Å². The Morgan fingerprint density at radius 1 is 1.44 bits per heavy atom. The van der Waals surface area contributed by atoms with Crippen LogP contribution in [-0.2, 0) is 11.8 Å². The molecule has 7 heteroatoms. The maximum Gasteiger partial charge on any atom is 0.234 e. The van der Waals surface area contributed by atoms with Gasteiger partial charge >= 0.3 is 0 Å². The van der Waals surface area contributed by atoms with E-state index in [2.05, 4.69) is 15.5 Å². The molecule has 0 bridgehead atoms. The number of hydrogen-bond acceptors (Lipinski definition) is 5. The number of nitrogens with one attached hydrogen (secondary N) is 1. The van der Waals surface area contributed by atoms with Gasteiger partial charge in [-0.25, -0.2) is 0 Å². The summed E-state index contributed by atoms with van der Waals surface area (Å²) in [4.78, 5) is 11.7. The van der Waals surface area contributed by atoms with E-state index in [1.54, 1.807) is 23.0 Å². The fourth-order valence-electron chi connectivity index (χ4n) is 1.28. The number of nitrogens with zero attached hydrogens (tertiary/aromatic N) is 3. The Morgan fingerprint density at radius 2 is 2.17 bits per heavy atom. The number of aryl methyl sites for hydroxylation is 1. The van der Waals surface area contributed by atoms with Crippen molar-refractivity contribution in [2.24, 2.45) is 7.05 Å². The molecule has 0 aliphatic rings. The average Bonchev–Trinajstić information content (AvgIpc) is 2.75. The molecule has 1 aromatic heterocycles. The van der Waals surface area contributed by atoms with Crippen molar-refractivity contribution in [2.75, 3.05) is 11.1 Å². The minimum atomic E-state index is -0.131. The molecule has 0 radical (unpaired) electrons. The van der Waals surface area contributed by atoms with Gasteiger partial charge in [0.25, 0.3) is 0 Å².